The molecule has 0 saturated carbocycles. The molecule has 0 aromatic heterocycles. The molecule has 0 spiro atoms. The van der Waals surface area contributed by atoms with Gasteiger partial charge in [-0.3, -0.25) is 4.79 Å². The number of ether oxygens (including phenoxy) is 1. The van der Waals surface area contributed by atoms with E-state index < -0.39 is 0 Å². The van der Waals surface area contributed by atoms with Crippen molar-refractivity contribution < 1.29 is 9.53 Å². The molecule has 3 rings (SSSR count). The first-order valence-electron chi connectivity index (χ1n) is 6.74. The zero-order chi connectivity index (χ0) is 13.1. The van der Waals surface area contributed by atoms with Crippen LogP contribution in [-0.2, 0) is 11.3 Å². The minimum atomic E-state index is 0.172. The number of carbonyl (C=O) groups excluding carboxylic acids is 1. The average Bonchev–Trinajstić information content (AvgIpc) is 3.00. The molecule has 1 fully saturated rings. The van der Waals surface area contributed by atoms with Gasteiger partial charge in [0.25, 0.3) is 5.91 Å². The summed E-state index contributed by atoms with van der Waals surface area (Å²) in [7, 11) is 0. The lowest BCUT2D eigenvalue weighted by Crippen LogP contribution is -2.35. The normalized spacial score (nSPS) is 21.6. The highest BCUT2D eigenvalue weighted by Crippen LogP contribution is 2.27. The predicted octanol–water partition coefficient (Wildman–Crippen LogP) is 2.77. The molecule has 0 radical (unpaired) electrons. The zero-order valence-electron chi connectivity index (χ0n) is 11.4. The first-order valence-corrected chi connectivity index (χ1v) is 6.74. The van der Waals surface area contributed by atoms with Crippen molar-refractivity contribution in [2.45, 2.75) is 39.8 Å². The van der Waals surface area contributed by atoms with Crippen molar-refractivity contribution in [1.29, 1.82) is 0 Å². The van der Waals surface area contributed by atoms with E-state index in [9.17, 15) is 4.79 Å². The lowest BCUT2D eigenvalue weighted by Gasteiger charge is -2.21. The van der Waals surface area contributed by atoms with Crippen LogP contribution in [0.5, 0.6) is 0 Å². The SMILES string of the molecule is CC.Cc1ccc2c(c1)CN(C1CCOC1)C2=O. The molecule has 3 nitrogen and oxygen atoms in total. The minimum Gasteiger partial charge on any atom is -0.379 e. The summed E-state index contributed by atoms with van der Waals surface area (Å²) < 4.78 is 5.35. The molecule has 1 aromatic carbocycles. The third-order valence-corrected chi connectivity index (χ3v) is 3.44. The predicted molar refractivity (Wildman–Crippen MR) is 71.6 cm³/mol. The van der Waals surface area contributed by atoms with Gasteiger partial charge >= 0.3 is 0 Å². The van der Waals surface area contributed by atoms with E-state index in [1.807, 2.05) is 30.9 Å². The highest BCUT2D eigenvalue weighted by molar-refractivity contribution is 5.98. The van der Waals surface area contributed by atoms with Crippen LogP contribution >= 0.6 is 0 Å². The largest absolute Gasteiger partial charge is 0.379 e. The van der Waals surface area contributed by atoms with Gasteiger partial charge in [-0.15, -0.1) is 0 Å². The second-order valence-corrected chi connectivity index (χ2v) is 4.61. The van der Waals surface area contributed by atoms with E-state index in [-0.39, 0.29) is 11.9 Å². The quantitative estimate of drug-likeness (QED) is 0.763. The molecule has 18 heavy (non-hydrogen) atoms. The topological polar surface area (TPSA) is 29.5 Å². The molecule has 2 aliphatic heterocycles. The Morgan fingerprint density at radius 1 is 1.33 bits per heavy atom. The molecule has 98 valence electrons. The van der Waals surface area contributed by atoms with Crippen LogP contribution < -0.4 is 0 Å². The van der Waals surface area contributed by atoms with Crippen LogP contribution in [0.1, 0.15) is 41.8 Å². The van der Waals surface area contributed by atoms with Gasteiger partial charge in [0, 0.05) is 18.7 Å². The number of amides is 1. The zero-order valence-corrected chi connectivity index (χ0v) is 11.4. The fraction of sp³-hybridized carbons (Fsp3) is 0.533. The molecule has 0 bridgehead atoms. The molecule has 1 aromatic rings. The summed E-state index contributed by atoms with van der Waals surface area (Å²) in [5, 5.41) is 0. The van der Waals surface area contributed by atoms with Gasteiger partial charge in [-0.2, -0.15) is 0 Å². The first-order chi connectivity index (χ1) is 8.75. The Labute approximate surface area is 109 Å². The van der Waals surface area contributed by atoms with Crippen molar-refractivity contribution in [2.75, 3.05) is 13.2 Å². The van der Waals surface area contributed by atoms with Gasteiger partial charge in [0.15, 0.2) is 0 Å². The Bertz CT molecular complexity index is 436. The van der Waals surface area contributed by atoms with E-state index in [1.54, 1.807) is 0 Å². The Hall–Kier alpha value is -1.35. The van der Waals surface area contributed by atoms with Crippen molar-refractivity contribution >= 4 is 5.91 Å². The Balaban J connectivity index is 0.000000574. The second kappa shape index (κ2) is 5.53. The molecule has 0 N–H and O–H groups in total. The second-order valence-electron chi connectivity index (χ2n) is 4.61. The molecule has 1 saturated heterocycles. The molecular weight excluding hydrogens is 226 g/mol. The van der Waals surface area contributed by atoms with E-state index in [0.29, 0.717) is 6.61 Å². The molecule has 1 unspecified atom stereocenters. The van der Waals surface area contributed by atoms with Gasteiger partial charge in [-0.25, -0.2) is 0 Å². The van der Waals surface area contributed by atoms with Gasteiger partial charge in [0.1, 0.15) is 0 Å². The number of benzene rings is 1. The number of carbonyl (C=O) groups is 1. The molecule has 1 atom stereocenters. The fourth-order valence-corrected chi connectivity index (χ4v) is 2.53. The van der Waals surface area contributed by atoms with Gasteiger partial charge < -0.3 is 9.64 Å². The van der Waals surface area contributed by atoms with E-state index in [4.69, 9.17) is 4.74 Å². The summed E-state index contributed by atoms with van der Waals surface area (Å²) in [5.74, 6) is 0.172. The van der Waals surface area contributed by atoms with Gasteiger partial charge in [-0.05, 0) is 25.0 Å². The maximum Gasteiger partial charge on any atom is 0.254 e. The third kappa shape index (κ3) is 2.27. The monoisotopic (exact) mass is 247 g/mol. The molecule has 2 heterocycles. The first kappa shape index (κ1) is 13.1. The number of fused-ring (bicyclic) bond motifs is 1. The van der Waals surface area contributed by atoms with Crippen LogP contribution in [0.3, 0.4) is 0 Å². The van der Waals surface area contributed by atoms with Crippen LogP contribution in [0.2, 0.25) is 0 Å². The maximum absolute atomic E-state index is 12.2. The van der Waals surface area contributed by atoms with Crippen LogP contribution in [-0.4, -0.2) is 30.1 Å². The maximum atomic E-state index is 12.2. The van der Waals surface area contributed by atoms with Crippen molar-refractivity contribution in [3.63, 3.8) is 0 Å². The van der Waals surface area contributed by atoms with Gasteiger partial charge in [0.2, 0.25) is 0 Å². The standard InChI is InChI=1S/C13H15NO2.C2H6/c1-9-2-3-12-10(6-9)7-14(13(12)15)11-4-5-16-8-11;1-2/h2-3,6,11H,4-5,7-8H2,1H3;1-2H3. The number of aryl methyl sites for hydroxylation is 1. The highest BCUT2D eigenvalue weighted by Gasteiger charge is 2.34. The van der Waals surface area contributed by atoms with Crippen LogP contribution in [0.15, 0.2) is 18.2 Å². The molecular formula is C15H21NO2. The van der Waals surface area contributed by atoms with E-state index >= 15 is 0 Å². The van der Waals surface area contributed by atoms with Gasteiger partial charge in [0.05, 0.1) is 12.6 Å². The van der Waals surface area contributed by atoms with E-state index in [2.05, 4.69) is 13.0 Å². The lowest BCUT2D eigenvalue weighted by atomic mass is 10.1. The summed E-state index contributed by atoms with van der Waals surface area (Å²) >= 11 is 0. The van der Waals surface area contributed by atoms with E-state index in [1.165, 1.54) is 5.56 Å². The average molecular weight is 247 g/mol. The molecule has 2 aliphatic rings. The lowest BCUT2D eigenvalue weighted by molar-refractivity contribution is 0.0679. The number of nitrogens with zero attached hydrogens (tertiary/aromatic N) is 1. The van der Waals surface area contributed by atoms with Crippen LogP contribution in [0, 0.1) is 6.92 Å². The van der Waals surface area contributed by atoms with Crippen molar-refractivity contribution in [2.24, 2.45) is 0 Å². The minimum absolute atomic E-state index is 0.172. The van der Waals surface area contributed by atoms with Gasteiger partial charge in [-0.1, -0.05) is 31.5 Å². The number of hydrogen-bond donors (Lipinski definition) is 0. The van der Waals surface area contributed by atoms with Crippen molar-refractivity contribution in [3.05, 3.63) is 34.9 Å². The summed E-state index contributed by atoms with van der Waals surface area (Å²) in [4.78, 5) is 14.1. The molecule has 1 amide bonds. The Kier molecular flexibility index (Phi) is 4.02. The summed E-state index contributed by atoms with van der Waals surface area (Å²) in [6, 6.07) is 6.34. The summed E-state index contributed by atoms with van der Waals surface area (Å²) in [6.07, 6.45) is 0.971. The summed E-state index contributed by atoms with van der Waals surface area (Å²) in [5.41, 5.74) is 3.26. The molecule has 3 heteroatoms. The van der Waals surface area contributed by atoms with Crippen LogP contribution in [0.25, 0.3) is 0 Å². The highest BCUT2D eigenvalue weighted by atomic mass is 16.5. The van der Waals surface area contributed by atoms with E-state index in [0.717, 1.165) is 30.7 Å². The smallest absolute Gasteiger partial charge is 0.254 e. The Morgan fingerprint density at radius 2 is 2.11 bits per heavy atom. The summed E-state index contributed by atoms with van der Waals surface area (Å²) in [6.45, 7) is 8.29. The van der Waals surface area contributed by atoms with Crippen LogP contribution in [0.4, 0.5) is 0 Å². The third-order valence-electron chi connectivity index (χ3n) is 3.44. The number of hydrogen-bond acceptors (Lipinski definition) is 2. The number of rotatable bonds is 1. The Morgan fingerprint density at radius 3 is 2.78 bits per heavy atom. The molecule has 0 aliphatic carbocycles. The fourth-order valence-electron chi connectivity index (χ4n) is 2.53. The van der Waals surface area contributed by atoms with Crippen molar-refractivity contribution in [3.8, 4) is 0 Å². The van der Waals surface area contributed by atoms with Crippen molar-refractivity contribution in [1.82, 2.24) is 4.90 Å².